The monoisotopic (exact) mass is 431 g/mol. The van der Waals surface area contributed by atoms with E-state index in [1.165, 1.54) is 36.2 Å². The summed E-state index contributed by atoms with van der Waals surface area (Å²) < 4.78 is 39.7. The third kappa shape index (κ3) is 4.19. The van der Waals surface area contributed by atoms with E-state index in [2.05, 4.69) is 11.8 Å². The lowest BCUT2D eigenvalue weighted by molar-refractivity contribution is -0.114. The SMILES string of the molecule is CN1C(=O)/C(=C\c2ccc(F)c(F)c2)C(=O)c2cc(C#CCc3ccc(F)cc3)ccc21. The summed E-state index contributed by atoms with van der Waals surface area (Å²) >= 11 is 0. The molecule has 0 radical (unpaired) electrons. The zero-order valence-corrected chi connectivity index (χ0v) is 17.0. The predicted octanol–water partition coefficient (Wildman–Crippen LogP) is 4.94. The summed E-state index contributed by atoms with van der Waals surface area (Å²) in [5.74, 6) is 2.50. The third-order valence-corrected chi connectivity index (χ3v) is 5.08. The van der Waals surface area contributed by atoms with Crippen LogP contribution in [0.4, 0.5) is 18.9 Å². The Hall–Kier alpha value is -4.11. The first-order valence-corrected chi connectivity index (χ1v) is 9.70. The molecule has 0 fully saturated rings. The van der Waals surface area contributed by atoms with Crippen molar-refractivity contribution in [1.29, 1.82) is 0 Å². The number of carbonyl (C=O) groups is 2. The van der Waals surface area contributed by atoms with Crippen LogP contribution in [0.2, 0.25) is 0 Å². The zero-order chi connectivity index (χ0) is 22.8. The van der Waals surface area contributed by atoms with E-state index < -0.39 is 23.3 Å². The molecule has 6 heteroatoms. The molecule has 3 aromatic carbocycles. The minimum Gasteiger partial charge on any atom is -0.311 e. The van der Waals surface area contributed by atoms with Gasteiger partial charge in [-0.2, -0.15) is 0 Å². The van der Waals surface area contributed by atoms with Gasteiger partial charge in [0.15, 0.2) is 11.6 Å². The summed E-state index contributed by atoms with van der Waals surface area (Å²) in [5, 5.41) is 0. The maximum atomic E-state index is 13.5. The summed E-state index contributed by atoms with van der Waals surface area (Å²) in [6.07, 6.45) is 1.66. The molecule has 32 heavy (non-hydrogen) atoms. The lowest BCUT2D eigenvalue weighted by Crippen LogP contribution is -2.36. The number of rotatable bonds is 2. The molecule has 4 rings (SSSR count). The maximum Gasteiger partial charge on any atom is 0.262 e. The number of amides is 1. The molecule has 1 aliphatic rings. The molecular weight excluding hydrogens is 415 g/mol. The van der Waals surface area contributed by atoms with Gasteiger partial charge in [0.25, 0.3) is 5.91 Å². The Morgan fingerprint density at radius 1 is 0.906 bits per heavy atom. The van der Waals surface area contributed by atoms with Crippen molar-refractivity contribution in [3.63, 3.8) is 0 Å². The molecule has 0 bridgehead atoms. The molecule has 0 saturated heterocycles. The van der Waals surface area contributed by atoms with Gasteiger partial charge in [-0.15, -0.1) is 0 Å². The van der Waals surface area contributed by atoms with E-state index in [1.807, 2.05) is 0 Å². The van der Waals surface area contributed by atoms with Crippen LogP contribution in [0.3, 0.4) is 0 Å². The number of carbonyl (C=O) groups excluding carboxylic acids is 2. The lowest BCUT2D eigenvalue weighted by atomic mass is 9.92. The summed E-state index contributed by atoms with van der Waals surface area (Å²) in [7, 11) is 1.53. The molecule has 3 aromatic rings. The molecule has 0 saturated carbocycles. The number of fused-ring (bicyclic) bond motifs is 1. The molecular formula is C26H16F3NO2. The van der Waals surface area contributed by atoms with Gasteiger partial charge in [-0.05, 0) is 59.7 Å². The molecule has 158 valence electrons. The van der Waals surface area contributed by atoms with Gasteiger partial charge in [0.1, 0.15) is 5.82 Å². The summed E-state index contributed by atoms with van der Waals surface area (Å²) in [6.45, 7) is 0. The molecule has 0 unspecified atom stereocenters. The highest BCUT2D eigenvalue weighted by Crippen LogP contribution is 2.31. The molecule has 0 aromatic heterocycles. The van der Waals surface area contributed by atoms with Crippen molar-refractivity contribution in [3.05, 3.63) is 106 Å². The third-order valence-electron chi connectivity index (χ3n) is 5.08. The highest BCUT2D eigenvalue weighted by molar-refractivity contribution is 6.36. The minimum absolute atomic E-state index is 0.151. The number of anilines is 1. The van der Waals surface area contributed by atoms with E-state index in [0.29, 0.717) is 17.7 Å². The van der Waals surface area contributed by atoms with Crippen LogP contribution < -0.4 is 4.90 Å². The van der Waals surface area contributed by atoms with Gasteiger partial charge in [0.05, 0.1) is 11.3 Å². The number of hydrogen-bond acceptors (Lipinski definition) is 2. The molecule has 1 amide bonds. The van der Waals surface area contributed by atoms with Gasteiger partial charge in [0, 0.05) is 24.6 Å². The van der Waals surface area contributed by atoms with Crippen LogP contribution in [0, 0.1) is 29.3 Å². The predicted molar refractivity (Wildman–Crippen MR) is 115 cm³/mol. The highest BCUT2D eigenvalue weighted by Gasteiger charge is 2.32. The Balaban J connectivity index is 1.65. The summed E-state index contributed by atoms with van der Waals surface area (Å²) in [5.41, 5.74) is 2.21. The fourth-order valence-corrected chi connectivity index (χ4v) is 3.37. The van der Waals surface area contributed by atoms with E-state index in [0.717, 1.165) is 17.7 Å². The zero-order valence-electron chi connectivity index (χ0n) is 17.0. The first-order chi connectivity index (χ1) is 15.3. The van der Waals surface area contributed by atoms with Gasteiger partial charge in [-0.25, -0.2) is 13.2 Å². The highest BCUT2D eigenvalue weighted by atomic mass is 19.2. The van der Waals surface area contributed by atoms with E-state index in [1.54, 1.807) is 30.3 Å². The van der Waals surface area contributed by atoms with Crippen molar-refractivity contribution in [2.75, 3.05) is 11.9 Å². The first-order valence-electron chi connectivity index (χ1n) is 9.70. The molecule has 1 aliphatic heterocycles. The van der Waals surface area contributed by atoms with Gasteiger partial charge in [-0.1, -0.05) is 30.0 Å². The molecule has 0 spiro atoms. The second-order valence-electron chi connectivity index (χ2n) is 7.26. The number of likely N-dealkylation sites (N-methyl/N-ethyl adjacent to an activating group) is 1. The van der Waals surface area contributed by atoms with Gasteiger partial charge < -0.3 is 4.90 Å². The fourth-order valence-electron chi connectivity index (χ4n) is 3.37. The number of halogens is 3. The molecule has 0 atom stereocenters. The van der Waals surface area contributed by atoms with Crippen molar-refractivity contribution in [2.45, 2.75) is 6.42 Å². The quantitative estimate of drug-likeness (QED) is 0.327. The molecule has 0 N–H and O–H groups in total. The van der Waals surface area contributed by atoms with Gasteiger partial charge in [-0.3, -0.25) is 9.59 Å². The maximum absolute atomic E-state index is 13.5. The van der Waals surface area contributed by atoms with Crippen molar-refractivity contribution < 1.29 is 22.8 Å². The Labute approximate surface area is 182 Å². The summed E-state index contributed by atoms with van der Waals surface area (Å²) in [4.78, 5) is 27.1. The fraction of sp³-hybridized carbons (Fsp3) is 0.0769. The van der Waals surface area contributed by atoms with Gasteiger partial charge >= 0.3 is 0 Å². The Kier molecular flexibility index (Phi) is 5.65. The smallest absolute Gasteiger partial charge is 0.262 e. The van der Waals surface area contributed by atoms with Crippen LogP contribution >= 0.6 is 0 Å². The topological polar surface area (TPSA) is 37.4 Å². The first kappa shape index (κ1) is 21.1. The largest absolute Gasteiger partial charge is 0.311 e. The number of hydrogen-bond donors (Lipinski definition) is 0. The van der Waals surface area contributed by atoms with Gasteiger partial charge in [0.2, 0.25) is 5.78 Å². The molecule has 0 aliphatic carbocycles. The Bertz CT molecular complexity index is 1330. The van der Waals surface area contributed by atoms with Crippen LogP contribution in [-0.2, 0) is 11.2 Å². The van der Waals surface area contributed by atoms with Crippen LogP contribution in [0.15, 0.2) is 66.2 Å². The molecule has 1 heterocycles. The van der Waals surface area contributed by atoms with E-state index in [9.17, 15) is 22.8 Å². The van der Waals surface area contributed by atoms with E-state index >= 15 is 0 Å². The molecule has 3 nitrogen and oxygen atoms in total. The van der Waals surface area contributed by atoms with Crippen molar-refractivity contribution >= 4 is 23.5 Å². The lowest BCUT2D eigenvalue weighted by Gasteiger charge is -2.26. The average Bonchev–Trinajstić information content (AvgIpc) is 2.79. The van der Waals surface area contributed by atoms with Crippen LogP contribution in [0.5, 0.6) is 0 Å². The number of nitrogens with zero attached hydrogens (tertiary/aromatic N) is 1. The Morgan fingerprint density at radius 2 is 1.66 bits per heavy atom. The number of Topliss-reactive ketones (excluding diaryl/α,β-unsaturated/α-hetero) is 1. The second-order valence-corrected chi connectivity index (χ2v) is 7.26. The normalized spacial score (nSPS) is 14.2. The van der Waals surface area contributed by atoms with Crippen molar-refractivity contribution in [3.8, 4) is 11.8 Å². The van der Waals surface area contributed by atoms with Crippen LogP contribution in [0.1, 0.15) is 27.0 Å². The Morgan fingerprint density at radius 3 is 2.38 bits per heavy atom. The van der Waals surface area contributed by atoms with Crippen molar-refractivity contribution in [2.24, 2.45) is 0 Å². The number of ketones is 1. The average molecular weight is 431 g/mol. The van der Waals surface area contributed by atoms with Crippen LogP contribution in [-0.4, -0.2) is 18.7 Å². The second kappa shape index (κ2) is 8.56. The van der Waals surface area contributed by atoms with Crippen molar-refractivity contribution in [1.82, 2.24) is 0 Å². The van der Waals surface area contributed by atoms with Crippen LogP contribution in [0.25, 0.3) is 6.08 Å². The summed E-state index contributed by atoms with van der Waals surface area (Å²) in [6, 6.07) is 14.1. The minimum atomic E-state index is -1.07. The number of benzene rings is 3. The van der Waals surface area contributed by atoms with E-state index in [4.69, 9.17) is 0 Å². The standard InChI is InChI=1S/C26H16F3NO2/c1-30-24-12-8-17(4-2-3-16-5-9-19(27)10-6-16)13-20(24)25(31)21(26(30)32)14-18-7-11-22(28)23(29)15-18/h5-15H,3H2,1H3/b21-14-. The van der Waals surface area contributed by atoms with E-state index in [-0.39, 0.29) is 22.5 Å².